The zero-order valence-corrected chi connectivity index (χ0v) is 20.0. The molecule has 0 aliphatic carbocycles. The molecule has 1 saturated heterocycles. The number of nitrogens with two attached hydrogens (primary N) is 1. The van der Waals surface area contributed by atoms with E-state index in [1.165, 1.54) is 6.07 Å². The summed E-state index contributed by atoms with van der Waals surface area (Å²) in [7, 11) is 0. The summed E-state index contributed by atoms with van der Waals surface area (Å²) in [6.45, 7) is 1.86. The molecule has 184 valence electrons. The maximum absolute atomic E-state index is 14.0. The van der Waals surface area contributed by atoms with Crippen molar-refractivity contribution < 1.29 is 9.18 Å². The van der Waals surface area contributed by atoms with Gasteiger partial charge in [0.15, 0.2) is 17.5 Å². The molecule has 1 aliphatic heterocycles. The topological polar surface area (TPSA) is 134 Å². The number of carbonyl (C=O) groups excluding carboxylic acids is 1. The lowest BCUT2D eigenvalue weighted by Gasteiger charge is -2.19. The van der Waals surface area contributed by atoms with Crippen LogP contribution in [0.25, 0.3) is 22.8 Å². The Balaban J connectivity index is 1.35. The van der Waals surface area contributed by atoms with Gasteiger partial charge in [-0.15, -0.1) is 0 Å². The van der Waals surface area contributed by atoms with Gasteiger partial charge in [0.1, 0.15) is 11.5 Å². The first kappa shape index (κ1) is 23.8. The van der Waals surface area contributed by atoms with Gasteiger partial charge < -0.3 is 16.4 Å². The minimum atomic E-state index is -0.475. The number of amides is 1. The molecule has 0 bridgehead atoms. The monoisotopic (exact) mass is 506 g/mol. The van der Waals surface area contributed by atoms with E-state index in [1.54, 1.807) is 36.5 Å². The number of carbonyl (C=O) groups is 1. The highest BCUT2D eigenvalue weighted by Crippen LogP contribution is 2.27. The highest BCUT2D eigenvalue weighted by atomic mass is 35.5. The molecule has 0 spiro atoms. The summed E-state index contributed by atoms with van der Waals surface area (Å²) >= 11 is 5.79. The standard InChI is InChI=1S/C25H24ClFN8O/c26-18-7-6-16(19(27)10-18)12-31-25(36)15-4-1-3-14(9-15)20-13-30-22(28)21(32-20)24-33-23(34-35-24)17-5-2-8-29-11-17/h1,3-4,6-7,9-10,13,17,29H,2,5,8,11-12H2,(H2,28,30)(H,31,36)(H,33,34,35). The number of hydrogen-bond acceptors (Lipinski definition) is 7. The van der Waals surface area contributed by atoms with Crippen molar-refractivity contribution in [2.24, 2.45) is 0 Å². The summed E-state index contributed by atoms with van der Waals surface area (Å²) in [4.78, 5) is 26.3. The Kier molecular flexibility index (Phi) is 6.88. The highest BCUT2D eigenvalue weighted by Gasteiger charge is 2.21. The number of benzene rings is 2. The Bertz CT molecular complexity index is 1400. The second-order valence-corrected chi connectivity index (χ2v) is 9.01. The van der Waals surface area contributed by atoms with Crippen LogP contribution in [0, 0.1) is 5.82 Å². The summed E-state index contributed by atoms with van der Waals surface area (Å²) in [6, 6.07) is 11.3. The zero-order chi connectivity index (χ0) is 25.1. The Morgan fingerprint density at radius 2 is 2.11 bits per heavy atom. The molecule has 36 heavy (non-hydrogen) atoms. The van der Waals surface area contributed by atoms with Crippen molar-refractivity contribution in [2.75, 3.05) is 18.8 Å². The van der Waals surface area contributed by atoms with Gasteiger partial charge in [-0.25, -0.2) is 19.3 Å². The number of anilines is 1. The van der Waals surface area contributed by atoms with E-state index >= 15 is 0 Å². The van der Waals surface area contributed by atoms with E-state index in [2.05, 4.69) is 35.8 Å². The minimum Gasteiger partial charge on any atom is -0.382 e. The van der Waals surface area contributed by atoms with Gasteiger partial charge >= 0.3 is 0 Å². The number of piperidine rings is 1. The van der Waals surface area contributed by atoms with E-state index in [4.69, 9.17) is 17.3 Å². The molecule has 2 aromatic heterocycles. The number of halogens is 2. The van der Waals surface area contributed by atoms with E-state index in [9.17, 15) is 9.18 Å². The lowest BCUT2D eigenvalue weighted by molar-refractivity contribution is 0.0950. The lowest BCUT2D eigenvalue weighted by Crippen LogP contribution is -2.28. The van der Waals surface area contributed by atoms with Gasteiger partial charge in [-0.3, -0.25) is 9.89 Å². The van der Waals surface area contributed by atoms with Crippen molar-refractivity contribution in [3.8, 4) is 22.8 Å². The molecule has 1 aliphatic rings. The second kappa shape index (κ2) is 10.4. The van der Waals surface area contributed by atoms with Crippen molar-refractivity contribution in [1.29, 1.82) is 0 Å². The van der Waals surface area contributed by atoms with Crippen molar-refractivity contribution >= 4 is 23.3 Å². The number of aromatic amines is 1. The fourth-order valence-corrected chi connectivity index (χ4v) is 4.27. The Hall–Kier alpha value is -3.89. The first-order chi connectivity index (χ1) is 17.5. The first-order valence-electron chi connectivity index (χ1n) is 11.6. The third-order valence-electron chi connectivity index (χ3n) is 6.06. The molecule has 1 atom stereocenters. The molecule has 0 radical (unpaired) electrons. The van der Waals surface area contributed by atoms with Crippen LogP contribution in [0.1, 0.15) is 40.5 Å². The number of rotatable bonds is 6. The van der Waals surface area contributed by atoms with Crippen molar-refractivity contribution in [3.63, 3.8) is 0 Å². The molecule has 5 N–H and O–H groups in total. The Morgan fingerprint density at radius 1 is 1.22 bits per heavy atom. The zero-order valence-electron chi connectivity index (χ0n) is 19.3. The van der Waals surface area contributed by atoms with Crippen LogP contribution < -0.4 is 16.4 Å². The van der Waals surface area contributed by atoms with Crippen LogP contribution >= 0.6 is 11.6 Å². The van der Waals surface area contributed by atoms with Crippen molar-refractivity contribution in [1.82, 2.24) is 35.8 Å². The van der Waals surface area contributed by atoms with E-state index in [0.29, 0.717) is 38.9 Å². The SMILES string of the molecule is Nc1ncc(-c2cccc(C(=O)NCc3ccc(Cl)cc3F)c2)nc1-c1nc(C2CCCNC2)n[nH]1. The largest absolute Gasteiger partial charge is 0.382 e. The third kappa shape index (κ3) is 5.19. The predicted octanol–water partition coefficient (Wildman–Crippen LogP) is 3.70. The number of nitrogens with zero attached hydrogens (tertiary/aromatic N) is 4. The van der Waals surface area contributed by atoms with Crippen LogP contribution in [0.3, 0.4) is 0 Å². The average Bonchev–Trinajstić information content (AvgIpc) is 3.39. The number of H-pyrrole nitrogens is 1. The van der Waals surface area contributed by atoms with Gasteiger partial charge in [0.05, 0.1) is 11.9 Å². The molecule has 3 heterocycles. The second-order valence-electron chi connectivity index (χ2n) is 8.57. The van der Waals surface area contributed by atoms with Crippen LogP contribution in [0.15, 0.2) is 48.7 Å². The van der Waals surface area contributed by atoms with Crippen molar-refractivity contribution in [2.45, 2.75) is 25.3 Å². The van der Waals surface area contributed by atoms with Crippen LogP contribution in [0.2, 0.25) is 5.02 Å². The fraction of sp³-hybridized carbons (Fsp3) is 0.240. The van der Waals surface area contributed by atoms with E-state index in [0.717, 1.165) is 31.8 Å². The molecule has 11 heteroatoms. The van der Waals surface area contributed by atoms with Crippen LogP contribution in [0.4, 0.5) is 10.2 Å². The van der Waals surface area contributed by atoms with Gasteiger partial charge in [-0.2, -0.15) is 5.10 Å². The van der Waals surface area contributed by atoms with Gasteiger partial charge in [0.25, 0.3) is 5.91 Å². The Morgan fingerprint density at radius 3 is 2.92 bits per heavy atom. The number of hydrogen-bond donors (Lipinski definition) is 4. The van der Waals surface area contributed by atoms with E-state index < -0.39 is 5.82 Å². The summed E-state index contributed by atoms with van der Waals surface area (Å²) in [5, 5.41) is 13.7. The average molecular weight is 507 g/mol. The van der Waals surface area contributed by atoms with Crippen molar-refractivity contribution in [3.05, 3.63) is 76.5 Å². The quantitative estimate of drug-likeness (QED) is 0.313. The number of nitrogen functional groups attached to an aromatic ring is 1. The predicted molar refractivity (Wildman–Crippen MR) is 135 cm³/mol. The molecule has 1 fully saturated rings. The van der Waals surface area contributed by atoms with Gasteiger partial charge in [-0.1, -0.05) is 29.8 Å². The van der Waals surface area contributed by atoms with Gasteiger partial charge in [0.2, 0.25) is 0 Å². The summed E-state index contributed by atoms with van der Waals surface area (Å²) in [5.41, 5.74) is 8.43. The molecular weight excluding hydrogens is 483 g/mol. The molecule has 5 rings (SSSR count). The number of aromatic nitrogens is 5. The molecule has 4 aromatic rings. The van der Waals surface area contributed by atoms with E-state index in [1.807, 2.05) is 6.07 Å². The minimum absolute atomic E-state index is 0.0300. The van der Waals surface area contributed by atoms with Gasteiger partial charge in [-0.05, 0) is 43.7 Å². The van der Waals surface area contributed by atoms with Crippen LogP contribution in [-0.2, 0) is 6.54 Å². The number of nitrogens with one attached hydrogen (secondary N) is 3. The normalized spacial score (nSPS) is 15.6. The Labute approximate surface area is 211 Å². The van der Waals surface area contributed by atoms with Crippen LogP contribution in [0.5, 0.6) is 0 Å². The third-order valence-corrected chi connectivity index (χ3v) is 6.30. The first-order valence-corrected chi connectivity index (χ1v) is 11.9. The maximum Gasteiger partial charge on any atom is 0.251 e. The summed E-state index contributed by atoms with van der Waals surface area (Å²) in [6.07, 6.45) is 3.64. The fourth-order valence-electron chi connectivity index (χ4n) is 4.11. The molecular formula is C25H24ClFN8O. The summed E-state index contributed by atoms with van der Waals surface area (Å²) < 4.78 is 14.0. The van der Waals surface area contributed by atoms with E-state index in [-0.39, 0.29) is 24.2 Å². The summed E-state index contributed by atoms with van der Waals surface area (Å²) in [5.74, 6) is 0.799. The van der Waals surface area contributed by atoms with Crippen LogP contribution in [-0.4, -0.2) is 44.1 Å². The van der Waals surface area contributed by atoms with Gasteiger partial charge in [0, 0.05) is 40.7 Å². The molecule has 1 amide bonds. The smallest absolute Gasteiger partial charge is 0.251 e. The maximum atomic E-state index is 14.0. The lowest BCUT2D eigenvalue weighted by atomic mass is 9.99. The molecule has 0 saturated carbocycles. The molecule has 9 nitrogen and oxygen atoms in total. The molecule has 2 aromatic carbocycles. The molecule has 1 unspecified atom stereocenters. The highest BCUT2D eigenvalue weighted by molar-refractivity contribution is 6.30.